The van der Waals surface area contributed by atoms with E-state index in [-0.39, 0.29) is 5.91 Å². The molecule has 166 valence electrons. The van der Waals surface area contributed by atoms with Crippen LogP contribution >= 0.6 is 0 Å². The lowest BCUT2D eigenvalue weighted by atomic mass is 10.1. The van der Waals surface area contributed by atoms with Crippen LogP contribution in [0.5, 0.6) is 0 Å². The zero-order chi connectivity index (χ0) is 22.7. The van der Waals surface area contributed by atoms with Gasteiger partial charge in [0, 0.05) is 32.2 Å². The lowest BCUT2D eigenvalue weighted by Gasteiger charge is -2.28. The lowest BCUT2D eigenvalue weighted by Crippen LogP contribution is -2.46. The summed E-state index contributed by atoms with van der Waals surface area (Å²) in [5, 5.41) is 5.37. The van der Waals surface area contributed by atoms with Crippen molar-refractivity contribution >= 4 is 11.8 Å². The fourth-order valence-corrected chi connectivity index (χ4v) is 3.92. The van der Waals surface area contributed by atoms with E-state index in [0.717, 1.165) is 29.4 Å². The Morgan fingerprint density at radius 1 is 1.19 bits per heavy atom. The molecule has 0 bridgehead atoms. The smallest absolute Gasteiger partial charge is 0.272 e. The van der Waals surface area contributed by atoms with E-state index in [1.807, 2.05) is 42.5 Å². The third kappa shape index (κ3) is 4.36. The van der Waals surface area contributed by atoms with Gasteiger partial charge in [-0.1, -0.05) is 36.9 Å². The standard InChI is InChI=1S/C24H27N5O3/c1-16(2)20(23(30)25-3)27-24(31)21-19-15-28(14-18-10-7-13-32-18)11-12-29(19)22(26-21)17-8-5-4-6-9-17/h4-10,13,20H,1,11-12,14-15H2,2-3H3,(H,25,30)(H,27,31)/t20-/m0/s1. The predicted octanol–water partition coefficient (Wildman–Crippen LogP) is 2.58. The second-order valence-electron chi connectivity index (χ2n) is 7.91. The Morgan fingerprint density at radius 2 is 1.97 bits per heavy atom. The maximum absolute atomic E-state index is 13.3. The Labute approximate surface area is 186 Å². The molecule has 2 N–H and O–H groups in total. The average Bonchev–Trinajstić information content (AvgIpc) is 3.45. The summed E-state index contributed by atoms with van der Waals surface area (Å²) in [6, 6.07) is 12.8. The molecule has 2 amide bonds. The Kier molecular flexibility index (Phi) is 6.23. The van der Waals surface area contributed by atoms with Crippen molar-refractivity contribution in [3.05, 3.63) is 78.0 Å². The zero-order valence-corrected chi connectivity index (χ0v) is 18.3. The number of rotatable bonds is 7. The molecule has 4 rings (SSSR count). The molecule has 1 atom stereocenters. The molecule has 2 aromatic heterocycles. The first-order valence-electron chi connectivity index (χ1n) is 10.6. The largest absolute Gasteiger partial charge is 0.468 e. The highest BCUT2D eigenvalue weighted by Crippen LogP contribution is 2.27. The molecular weight excluding hydrogens is 406 g/mol. The van der Waals surface area contributed by atoms with Gasteiger partial charge in [0.05, 0.1) is 18.5 Å². The summed E-state index contributed by atoms with van der Waals surface area (Å²) in [5.74, 6) is 0.901. The van der Waals surface area contributed by atoms with Crippen LogP contribution in [0.25, 0.3) is 11.4 Å². The Bertz CT molecular complexity index is 1120. The number of carbonyl (C=O) groups excluding carboxylic acids is 2. The van der Waals surface area contributed by atoms with E-state index in [9.17, 15) is 9.59 Å². The number of nitrogens with one attached hydrogen (secondary N) is 2. The predicted molar refractivity (Wildman–Crippen MR) is 121 cm³/mol. The van der Waals surface area contributed by atoms with Gasteiger partial charge in [-0.15, -0.1) is 0 Å². The fourth-order valence-electron chi connectivity index (χ4n) is 3.92. The molecule has 32 heavy (non-hydrogen) atoms. The average molecular weight is 434 g/mol. The fraction of sp³-hybridized carbons (Fsp3) is 0.292. The van der Waals surface area contributed by atoms with Gasteiger partial charge in [0.15, 0.2) is 5.69 Å². The number of aromatic nitrogens is 2. The second kappa shape index (κ2) is 9.23. The zero-order valence-electron chi connectivity index (χ0n) is 18.3. The van der Waals surface area contributed by atoms with Crippen molar-refractivity contribution in [3.8, 4) is 11.4 Å². The first-order chi connectivity index (χ1) is 15.5. The van der Waals surface area contributed by atoms with Crippen molar-refractivity contribution in [2.45, 2.75) is 32.6 Å². The van der Waals surface area contributed by atoms with Crippen molar-refractivity contribution in [1.82, 2.24) is 25.1 Å². The van der Waals surface area contributed by atoms with Gasteiger partial charge in [-0.3, -0.25) is 14.5 Å². The minimum absolute atomic E-state index is 0.318. The van der Waals surface area contributed by atoms with E-state index >= 15 is 0 Å². The van der Waals surface area contributed by atoms with Gasteiger partial charge in [-0.05, 0) is 24.6 Å². The molecule has 3 heterocycles. The molecule has 0 saturated carbocycles. The number of hydrogen-bond donors (Lipinski definition) is 2. The molecule has 0 aliphatic carbocycles. The topological polar surface area (TPSA) is 92.4 Å². The highest BCUT2D eigenvalue weighted by Gasteiger charge is 2.30. The van der Waals surface area contributed by atoms with Crippen LogP contribution in [-0.2, 0) is 24.4 Å². The van der Waals surface area contributed by atoms with Crippen molar-refractivity contribution in [2.75, 3.05) is 13.6 Å². The number of imidazole rings is 1. The second-order valence-corrected chi connectivity index (χ2v) is 7.91. The molecule has 3 aromatic rings. The molecule has 0 unspecified atom stereocenters. The minimum Gasteiger partial charge on any atom is -0.468 e. The molecular formula is C24H27N5O3. The molecule has 1 aliphatic rings. The molecule has 1 aromatic carbocycles. The summed E-state index contributed by atoms with van der Waals surface area (Å²) >= 11 is 0. The van der Waals surface area contributed by atoms with Gasteiger partial charge in [0.2, 0.25) is 5.91 Å². The molecule has 1 aliphatic heterocycles. The van der Waals surface area contributed by atoms with Crippen LogP contribution in [-0.4, -0.2) is 45.9 Å². The monoisotopic (exact) mass is 433 g/mol. The van der Waals surface area contributed by atoms with E-state index in [1.165, 1.54) is 7.05 Å². The number of likely N-dealkylation sites (N-methyl/N-ethyl adjacent to an activating group) is 1. The van der Waals surface area contributed by atoms with Crippen LogP contribution < -0.4 is 10.6 Å². The molecule has 0 fully saturated rings. The maximum Gasteiger partial charge on any atom is 0.272 e. The van der Waals surface area contributed by atoms with Gasteiger partial charge < -0.3 is 19.6 Å². The molecule has 0 spiro atoms. The van der Waals surface area contributed by atoms with Crippen LogP contribution in [0.4, 0.5) is 0 Å². The van der Waals surface area contributed by atoms with Crippen LogP contribution in [0.1, 0.15) is 28.9 Å². The SMILES string of the molecule is C=C(C)[C@H](NC(=O)c1nc(-c2ccccc2)n2c1CN(Cc1ccco1)CC2)C(=O)NC. The van der Waals surface area contributed by atoms with Gasteiger partial charge in [0.25, 0.3) is 5.91 Å². The van der Waals surface area contributed by atoms with Gasteiger partial charge in [-0.25, -0.2) is 4.98 Å². The number of furan rings is 1. The Hall–Kier alpha value is -3.65. The van der Waals surface area contributed by atoms with E-state index < -0.39 is 11.9 Å². The lowest BCUT2D eigenvalue weighted by molar-refractivity contribution is -0.121. The number of benzene rings is 1. The molecule has 8 heteroatoms. The summed E-state index contributed by atoms with van der Waals surface area (Å²) in [5.41, 5.74) is 2.63. The van der Waals surface area contributed by atoms with Crippen LogP contribution in [0.2, 0.25) is 0 Å². The number of amides is 2. The summed E-state index contributed by atoms with van der Waals surface area (Å²) in [6.45, 7) is 8.24. The maximum atomic E-state index is 13.3. The normalized spacial score (nSPS) is 14.4. The van der Waals surface area contributed by atoms with Crippen LogP contribution in [0, 0.1) is 0 Å². The Morgan fingerprint density at radius 3 is 2.62 bits per heavy atom. The van der Waals surface area contributed by atoms with Gasteiger partial charge in [-0.2, -0.15) is 0 Å². The Balaban J connectivity index is 1.68. The van der Waals surface area contributed by atoms with Crippen molar-refractivity contribution in [2.24, 2.45) is 0 Å². The van der Waals surface area contributed by atoms with Crippen molar-refractivity contribution in [3.63, 3.8) is 0 Å². The first-order valence-corrected chi connectivity index (χ1v) is 10.6. The number of hydrogen-bond acceptors (Lipinski definition) is 5. The highest BCUT2D eigenvalue weighted by atomic mass is 16.3. The molecule has 0 saturated heterocycles. The summed E-state index contributed by atoms with van der Waals surface area (Å²) in [7, 11) is 1.53. The van der Waals surface area contributed by atoms with Crippen molar-refractivity contribution < 1.29 is 14.0 Å². The van der Waals surface area contributed by atoms with Crippen LogP contribution in [0.15, 0.2) is 65.3 Å². The van der Waals surface area contributed by atoms with Crippen molar-refractivity contribution in [1.29, 1.82) is 0 Å². The summed E-state index contributed by atoms with van der Waals surface area (Å²) < 4.78 is 7.59. The molecule has 0 radical (unpaired) electrons. The van der Waals surface area contributed by atoms with Crippen LogP contribution in [0.3, 0.4) is 0 Å². The quantitative estimate of drug-likeness (QED) is 0.559. The van der Waals surface area contributed by atoms with E-state index in [0.29, 0.717) is 30.9 Å². The highest BCUT2D eigenvalue weighted by molar-refractivity contribution is 5.98. The number of fused-ring (bicyclic) bond motifs is 1. The minimum atomic E-state index is -0.826. The number of carbonyl (C=O) groups is 2. The number of nitrogens with zero attached hydrogens (tertiary/aromatic N) is 3. The first kappa shape index (κ1) is 21.6. The van der Waals surface area contributed by atoms with E-state index in [2.05, 4.69) is 26.7 Å². The summed E-state index contributed by atoms with van der Waals surface area (Å²) in [4.78, 5) is 32.5. The van der Waals surface area contributed by atoms with Gasteiger partial charge >= 0.3 is 0 Å². The van der Waals surface area contributed by atoms with E-state index in [4.69, 9.17) is 9.40 Å². The van der Waals surface area contributed by atoms with E-state index in [1.54, 1.807) is 13.2 Å². The summed E-state index contributed by atoms with van der Waals surface area (Å²) in [6.07, 6.45) is 1.66. The third-order valence-corrected chi connectivity index (χ3v) is 5.57. The van der Waals surface area contributed by atoms with Gasteiger partial charge in [0.1, 0.15) is 17.6 Å². The molecule has 8 nitrogen and oxygen atoms in total. The third-order valence-electron chi connectivity index (χ3n) is 5.57.